The number of nitrogens with one attached hydrogen (secondary N) is 1. The van der Waals surface area contributed by atoms with Crippen molar-refractivity contribution in [3.8, 4) is 5.75 Å². The quantitative estimate of drug-likeness (QED) is 0.744. The van der Waals surface area contributed by atoms with E-state index in [0.717, 1.165) is 5.56 Å². The molecule has 0 bridgehead atoms. The maximum absolute atomic E-state index is 13.8. The zero-order valence-electron chi connectivity index (χ0n) is 13.2. The van der Waals surface area contributed by atoms with Crippen LogP contribution >= 0.6 is 0 Å². The fourth-order valence-electron chi connectivity index (χ4n) is 1.68. The predicted octanol–water partition coefficient (Wildman–Crippen LogP) is 3.58. The third-order valence-electron chi connectivity index (χ3n) is 2.91. The topological polar surface area (TPSA) is 38.3 Å². The molecular weight excluding hydrogens is 269 g/mol. The van der Waals surface area contributed by atoms with Crippen molar-refractivity contribution in [3.05, 3.63) is 35.7 Å². The van der Waals surface area contributed by atoms with E-state index in [2.05, 4.69) is 5.32 Å². The van der Waals surface area contributed by atoms with Crippen LogP contribution in [0.2, 0.25) is 0 Å². The first kappa shape index (κ1) is 17.4. The third kappa shape index (κ3) is 6.54. The van der Waals surface area contributed by atoms with Gasteiger partial charge in [-0.1, -0.05) is 32.9 Å². The molecule has 0 radical (unpaired) electrons. The molecule has 0 heterocycles. The predicted molar refractivity (Wildman–Crippen MR) is 84.0 cm³/mol. The van der Waals surface area contributed by atoms with Crippen molar-refractivity contribution >= 4 is 11.9 Å². The number of allylic oxidation sites excluding steroid dienone is 1. The van der Waals surface area contributed by atoms with Gasteiger partial charge in [-0.3, -0.25) is 4.79 Å². The number of ketones is 1. The number of halogens is 1. The summed E-state index contributed by atoms with van der Waals surface area (Å²) < 4.78 is 19.4. The Labute approximate surface area is 126 Å². The van der Waals surface area contributed by atoms with Gasteiger partial charge in [-0.25, -0.2) is 4.39 Å². The zero-order chi connectivity index (χ0) is 15.8. The minimum absolute atomic E-state index is 0.0382. The summed E-state index contributed by atoms with van der Waals surface area (Å²) in [5.41, 5.74) is 0.747. The third-order valence-corrected chi connectivity index (χ3v) is 2.91. The monoisotopic (exact) mass is 293 g/mol. The summed E-state index contributed by atoms with van der Waals surface area (Å²) in [6.07, 6.45) is 3.49. The van der Waals surface area contributed by atoms with Crippen molar-refractivity contribution in [2.75, 3.05) is 6.54 Å². The number of hydrogen-bond donors (Lipinski definition) is 1. The molecule has 116 valence electrons. The highest BCUT2D eigenvalue weighted by molar-refractivity contribution is 5.93. The minimum Gasteiger partial charge on any atom is -0.486 e. The summed E-state index contributed by atoms with van der Waals surface area (Å²) >= 11 is 0. The number of hydrogen-bond acceptors (Lipinski definition) is 3. The summed E-state index contributed by atoms with van der Waals surface area (Å²) in [6, 6.07) is 4.95. The van der Waals surface area contributed by atoms with E-state index in [1.165, 1.54) is 12.1 Å². The SMILES string of the molecule is CCC(=O)/C=C/c1ccc(F)c(O[C@@H](C)CNC(C)C)c1. The van der Waals surface area contributed by atoms with E-state index in [-0.39, 0.29) is 17.6 Å². The first-order chi connectivity index (χ1) is 9.92. The molecule has 1 N–H and O–H groups in total. The van der Waals surface area contributed by atoms with Crippen LogP contribution in [0.25, 0.3) is 6.08 Å². The van der Waals surface area contributed by atoms with Crippen LogP contribution in [0, 0.1) is 5.82 Å². The number of carbonyl (C=O) groups is 1. The lowest BCUT2D eigenvalue weighted by molar-refractivity contribution is -0.114. The van der Waals surface area contributed by atoms with Crippen molar-refractivity contribution in [1.82, 2.24) is 5.32 Å². The Bertz CT molecular complexity index is 498. The lowest BCUT2D eigenvalue weighted by Gasteiger charge is -2.17. The van der Waals surface area contributed by atoms with Crippen LogP contribution in [0.4, 0.5) is 4.39 Å². The second-order valence-corrected chi connectivity index (χ2v) is 5.33. The summed E-state index contributed by atoms with van der Waals surface area (Å²) in [7, 11) is 0. The fourth-order valence-corrected chi connectivity index (χ4v) is 1.68. The standard InChI is InChI=1S/C17H24FNO2/c1-5-15(20)8-6-14-7-9-16(18)17(10-14)21-13(4)11-19-12(2)3/h6-10,12-13,19H,5,11H2,1-4H3/b8-6+/t13-/m0/s1. The second kappa shape index (κ2) is 8.57. The molecule has 0 amide bonds. The maximum atomic E-state index is 13.8. The van der Waals surface area contributed by atoms with Gasteiger partial charge in [-0.05, 0) is 30.7 Å². The molecule has 1 aromatic carbocycles. The van der Waals surface area contributed by atoms with Crippen LogP contribution in [-0.2, 0) is 4.79 Å². The lowest BCUT2D eigenvalue weighted by Crippen LogP contribution is -2.33. The van der Waals surface area contributed by atoms with Crippen LogP contribution in [-0.4, -0.2) is 24.5 Å². The smallest absolute Gasteiger partial charge is 0.165 e. The summed E-state index contributed by atoms with van der Waals surface area (Å²) in [5, 5.41) is 3.24. The van der Waals surface area contributed by atoms with E-state index < -0.39 is 5.82 Å². The van der Waals surface area contributed by atoms with E-state index in [1.807, 2.05) is 20.8 Å². The molecule has 0 saturated heterocycles. The second-order valence-electron chi connectivity index (χ2n) is 5.33. The van der Waals surface area contributed by atoms with Crippen molar-refractivity contribution in [2.24, 2.45) is 0 Å². The average molecular weight is 293 g/mol. The molecular formula is C17H24FNO2. The Balaban J connectivity index is 2.73. The summed E-state index contributed by atoms with van der Waals surface area (Å²) in [5.74, 6) is -0.152. The van der Waals surface area contributed by atoms with Gasteiger partial charge in [-0.2, -0.15) is 0 Å². The first-order valence-electron chi connectivity index (χ1n) is 7.32. The highest BCUT2D eigenvalue weighted by Crippen LogP contribution is 2.21. The molecule has 3 nitrogen and oxygen atoms in total. The van der Waals surface area contributed by atoms with Gasteiger partial charge in [0.25, 0.3) is 0 Å². The molecule has 4 heteroatoms. The average Bonchev–Trinajstić information content (AvgIpc) is 2.45. The summed E-state index contributed by atoms with van der Waals surface area (Å²) in [6.45, 7) is 8.42. The molecule has 21 heavy (non-hydrogen) atoms. The van der Waals surface area contributed by atoms with Crippen LogP contribution in [0.5, 0.6) is 5.75 Å². The molecule has 0 unspecified atom stereocenters. The molecule has 0 aliphatic carbocycles. The molecule has 0 fully saturated rings. The van der Waals surface area contributed by atoms with Crippen LogP contribution in [0.3, 0.4) is 0 Å². The van der Waals surface area contributed by atoms with E-state index in [4.69, 9.17) is 4.74 Å². The Morgan fingerprint density at radius 1 is 1.38 bits per heavy atom. The van der Waals surface area contributed by atoms with Gasteiger partial charge >= 0.3 is 0 Å². The Morgan fingerprint density at radius 3 is 2.71 bits per heavy atom. The van der Waals surface area contributed by atoms with E-state index in [0.29, 0.717) is 19.0 Å². The highest BCUT2D eigenvalue weighted by atomic mass is 19.1. The van der Waals surface area contributed by atoms with Gasteiger partial charge in [0.1, 0.15) is 6.10 Å². The van der Waals surface area contributed by atoms with E-state index in [9.17, 15) is 9.18 Å². The normalized spacial score (nSPS) is 12.9. The molecule has 1 atom stereocenters. The van der Waals surface area contributed by atoms with Crippen molar-refractivity contribution in [3.63, 3.8) is 0 Å². The number of rotatable bonds is 8. The van der Waals surface area contributed by atoms with Gasteiger partial charge in [0.15, 0.2) is 17.3 Å². The fraction of sp³-hybridized carbons (Fsp3) is 0.471. The largest absolute Gasteiger partial charge is 0.486 e. The Hall–Kier alpha value is -1.68. The minimum atomic E-state index is -0.398. The molecule has 1 aromatic rings. The molecule has 0 aliphatic rings. The summed E-state index contributed by atoms with van der Waals surface area (Å²) in [4.78, 5) is 11.3. The molecule has 1 rings (SSSR count). The van der Waals surface area contributed by atoms with Gasteiger partial charge in [0.05, 0.1) is 0 Å². The number of benzene rings is 1. The maximum Gasteiger partial charge on any atom is 0.165 e. The highest BCUT2D eigenvalue weighted by Gasteiger charge is 2.09. The van der Waals surface area contributed by atoms with Crippen LogP contribution in [0.15, 0.2) is 24.3 Å². The first-order valence-corrected chi connectivity index (χ1v) is 7.32. The molecule has 0 aliphatic heterocycles. The van der Waals surface area contributed by atoms with Crippen molar-refractivity contribution < 1.29 is 13.9 Å². The van der Waals surface area contributed by atoms with E-state index in [1.54, 1.807) is 25.1 Å². The van der Waals surface area contributed by atoms with Crippen LogP contribution < -0.4 is 10.1 Å². The number of carbonyl (C=O) groups excluding carboxylic acids is 1. The Morgan fingerprint density at radius 2 is 2.10 bits per heavy atom. The van der Waals surface area contributed by atoms with Crippen molar-refractivity contribution in [2.45, 2.75) is 46.3 Å². The number of ether oxygens (including phenoxy) is 1. The molecule has 0 aromatic heterocycles. The van der Waals surface area contributed by atoms with Gasteiger partial charge < -0.3 is 10.1 Å². The Kier molecular flexibility index (Phi) is 7.09. The van der Waals surface area contributed by atoms with Crippen molar-refractivity contribution in [1.29, 1.82) is 0 Å². The van der Waals surface area contributed by atoms with Gasteiger partial charge in [0.2, 0.25) is 0 Å². The molecule has 0 saturated carbocycles. The molecule has 0 spiro atoms. The van der Waals surface area contributed by atoms with Gasteiger partial charge in [-0.15, -0.1) is 0 Å². The van der Waals surface area contributed by atoms with Gasteiger partial charge in [0, 0.05) is 19.0 Å². The van der Waals surface area contributed by atoms with Crippen LogP contribution in [0.1, 0.15) is 39.7 Å². The lowest BCUT2D eigenvalue weighted by atomic mass is 10.1. The zero-order valence-corrected chi connectivity index (χ0v) is 13.2. The van der Waals surface area contributed by atoms with E-state index >= 15 is 0 Å².